The van der Waals surface area contributed by atoms with E-state index in [0.29, 0.717) is 0 Å². The molecule has 17 heavy (non-hydrogen) atoms. The van der Waals surface area contributed by atoms with Crippen molar-refractivity contribution in [1.29, 1.82) is 5.41 Å². The van der Waals surface area contributed by atoms with Gasteiger partial charge in [0, 0.05) is 12.8 Å². The maximum Gasteiger partial charge on any atom is 0.312 e. The predicted octanol–water partition coefficient (Wildman–Crippen LogP) is 0.527. The monoisotopic (exact) mass is 264 g/mol. The number of amides is 1. The molecule has 0 spiro atoms. The van der Waals surface area contributed by atoms with E-state index < -0.39 is 30.9 Å². The van der Waals surface area contributed by atoms with E-state index in [-0.39, 0.29) is 19.2 Å². The van der Waals surface area contributed by atoms with Crippen LogP contribution in [0.5, 0.6) is 0 Å². The van der Waals surface area contributed by atoms with Gasteiger partial charge in [0.15, 0.2) is 7.37 Å². The number of aliphatic carboxylic acids is 1. The molecular formula is C9H17N2O5P. The second-order valence-electron chi connectivity index (χ2n) is 3.61. The average Bonchev–Trinajstić information content (AvgIpc) is 2.16. The summed E-state index contributed by atoms with van der Waals surface area (Å²) in [5, 5.41) is 16.1. The summed E-state index contributed by atoms with van der Waals surface area (Å²) in [7, 11) is -2.87. The number of nitrogens with one attached hydrogen (secondary N) is 1. The van der Waals surface area contributed by atoms with E-state index in [1.807, 2.05) is 0 Å². The summed E-state index contributed by atoms with van der Waals surface area (Å²) in [5.41, 5.74) is 4.16. The maximum atomic E-state index is 11.7. The largest absolute Gasteiger partial charge is 0.481 e. The Kier molecular flexibility index (Phi) is 6.05. The fourth-order valence-electron chi connectivity index (χ4n) is 1.26. The molecule has 0 aromatic rings. The van der Waals surface area contributed by atoms with Crippen LogP contribution in [0.15, 0.2) is 0 Å². The molecule has 0 aromatic carbocycles. The first-order valence-corrected chi connectivity index (χ1v) is 7.29. The van der Waals surface area contributed by atoms with Gasteiger partial charge in [-0.3, -0.25) is 19.6 Å². The van der Waals surface area contributed by atoms with Crippen LogP contribution in [0.25, 0.3) is 0 Å². The van der Waals surface area contributed by atoms with Crippen molar-refractivity contribution in [3.05, 3.63) is 0 Å². The van der Waals surface area contributed by atoms with Crippen molar-refractivity contribution in [2.45, 2.75) is 13.3 Å². The molecule has 98 valence electrons. The molecule has 0 heterocycles. The van der Waals surface area contributed by atoms with Crippen molar-refractivity contribution in [1.82, 2.24) is 0 Å². The van der Waals surface area contributed by atoms with Crippen LogP contribution < -0.4 is 5.73 Å². The third-order valence-electron chi connectivity index (χ3n) is 2.14. The van der Waals surface area contributed by atoms with Gasteiger partial charge in [-0.05, 0) is 13.3 Å². The third kappa shape index (κ3) is 5.60. The van der Waals surface area contributed by atoms with Gasteiger partial charge in [0.1, 0.15) is 11.6 Å². The van der Waals surface area contributed by atoms with E-state index >= 15 is 0 Å². The number of carbonyl (C=O) groups excluding carboxylic acids is 1. The lowest BCUT2D eigenvalue weighted by Gasteiger charge is -2.15. The topological polar surface area (TPSA) is 131 Å². The van der Waals surface area contributed by atoms with Crippen LogP contribution in [-0.4, -0.2) is 42.1 Å². The second kappa shape index (κ2) is 6.51. The first-order valence-electron chi connectivity index (χ1n) is 5.03. The summed E-state index contributed by atoms with van der Waals surface area (Å²) < 4.78 is 16.7. The zero-order valence-corrected chi connectivity index (χ0v) is 10.7. The lowest BCUT2D eigenvalue weighted by Crippen LogP contribution is -2.34. The first-order chi connectivity index (χ1) is 7.71. The normalized spacial score (nSPS) is 15.9. The van der Waals surface area contributed by atoms with Gasteiger partial charge >= 0.3 is 5.97 Å². The van der Waals surface area contributed by atoms with E-state index in [1.165, 1.54) is 6.66 Å². The van der Waals surface area contributed by atoms with E-state index in [9.17, 15) is 14.2 Å². The van der Waals surface area contributed by atoms with E-state index in [2.05, 4.69) is 0 Å². The Balaban J connectivity index is 4.59. The molecule has 2 atom stereocenters. The molecule has 0 bridgehead atoms. The Labute approximate surface area is 99.3 Å². The van der Waals surface area contributed by atoms with Gasteiger partial charge in [0.25, 0.3) is 5.91 Å². The molecule has 0 aromatic heterocycles. The van der Waals surface area contributed by atoms with Crippen LogP contribution in [0.2, 0.25) is 0 Å². The van der Waals surface area contributed by atoms with Crippen LogP contribution in [0.4, 0.5) is 0 Å². The lowest BCUT2D eigenvalue weighted by molar-refractivity contribution is -0.139. The predicted molar refractivity (Wildman–Crippen MR) is 62.7 cm³/mol. The van der Waals surface area contributed by atoms with Crippen LogP contribution in [0.3, 0.4) is 0 Å². The Bertz CT molecular complexity index is 368. The SMILES string of the molecule is CCOP(C)(=O)CCC(C(=N)C(N)=O)C(=O)O. The van der Waals surface area contributed by atoms with E-state index in [4.69, 9.17) is 20.8 Å². The Morgan fingerprint density at radius 2 is 2.06 bits per heavy atom. The summed E-state index contributed by atoms with van der Waals surface area (Å²) in [6, 6.07) is 0. The molecule has 0 rings (SSSR count). The van der Waals surface area contributed by atoms with Crippen molar-refractivity contribution in [2.24, 2.45) is 11.7 Å². The molecule has 7 nitrogen and oxygen atoms in total. The minimum atomic E-state index is -2.87. The summed E-state index contributed by atoms with van der Waals surface area (Å²) in [5.74, 6) is -3.74. The molecule has 0 saturated heterocycles. The van der Waals surface area contributed by atoms with Crippen molar-refractivity contribution >= 4 is 25.0 Å². The van der Waals surface area contributed by atoms with E-state index in [0.717, 1.165) is 0 Å². The number of carboxylic acids is 1. The average molecular weight is 264 g/mol. The zero-order valence-electron chi connectivity index (χ0n) is 9.80. The number of hydrogen-bond donors (Lipinski definition) is 3. The highest BCUT2D eigenvalue weighted by Gasteiger charge is 2.29. The fraction of sp³-hybridized carbons (Fsp3) is 0.667. The van der Waals surface area contributed by atoms with Crippen LogP contribution in [-0.2, 0) is 18.7 Å². The molecule has 2 unspecified atom stereocenters. The van der Waals surface area contributed by atoms with Crippen molar-refractivity contribution < 1.29 is 23.8 Å². The number of nitrogens with two attached hydrogens (primary N) is 1. The highest BCUT2D eigenvalue weighted by Crippen LogP contribution is 2.43. The molecule has 8 heteroatoms. The molecule has 0 aliphatic rings. The van der Waals surface area contributed by atoms with Gasteiger partial charge in [-0.1, -0.05) is 0 Å². The van der Waals surface area contributed by atoms with Gasteiger partial charge in [0.2, 0.25) is 0 Å². The van der Waals surface area contributed by atoms with Crippen molar-refractivity contribution in [3.63, 3.8) is 0 Å². The quantitative estimate of drug-likeness (QED) is 0.434. The smallest absolute Gasteiger partial charge is 0.312 e. The molecule has 0 fully saturated rings. The van der Waals surface area contributed by atoms with Crippen LogP contribution in [0.1, 0.15) is 13.3 Å². The van der Waals surface area contributed by atoms with Gasteiger partial charge in [-0.15, -0.1) is 0 Å². The van der Waals surface area contributed by atoms with E-state index in [1.54, 1.807) is 6.92 Å². The standard InChI is InChI=1S/C9H17N2O5P/c1-3-16-17(2,15)5-4-6(9(13)14)7(10)8(11)12/h6,10H,3-5H2,1-2H3,(H2,11,12)(H,13,14). The summed E-state index contributed by atoms with van der Waals surface area (Å²) in [4.78, 5) is 21.6. The number of primary amides is 1. The molecular weight excluding hydrogens is 247 g/mol. The molecule has 0 aliphatic carbocycles. The lowest BCUT2D eigenvalue weighted by atomic mass is 10.0. The van der Waals surface area contributed by atoms with Gasteiger partial charge < -0.3 is 15.4 Å². The summed E-state index contributed by atoms with van der Waals surface area (Å²) >= 11 is 0. The molecule has 0 saturated carbocycles. The summed E-state index contributed by atoms with van der Waals surface area (Å²) in [6.45, 7) is 3.33. The zero-order chi connectivity index (χ0) is 13.6. The Hall–Kier alpha value is -1.20. The first kappa shape index (κ1) is 15.8. The second-order valence-corrected chi connectivity index (χ2v) is 6.35. The van der Waals surface area contributed by atoms with Crippen LogP contribution >= 0.6 is 7.37 Å². The minimum Gasteiger partial charge on any atom is -0.481 e. The fourth-order valence-corrected chi connectivity index (χ4v) is 2.67. The van der Waals surface area contributed by atoms with Crippen molar-refractivity contribution in [2.75, 3.05) is 19.4 Å². The number of carboxylic acid groups (broad SMARTS) is 1. The molecule has 0 radical (unpaired) electrons. The maximum absolute atomic E-state index is 11.7. The van der Waals surface area contributed by atoms with Gasteiger partial charge in [-0.25, -0.2) is 0 Å². The van der Waals surface area contributed by atoms with Gasteiger partial charge in [-0.2, -0.15) is 0 Å². The third-order valence-corrected chi connectivity index (χ3v) is 4.01. The van der Waals surface area contributed by atoms with Gasteiger partial charge in [0.05, 0.1) is 6.61 Å². The minimum absolute atomic E-state index is 0.00648. The Morgan fingerprint density at radius 3 is 2.41 bits per heavy atom. The number of carbonyl (C=O) groups is 2. The molecule has 0 aliphatic heterocycles. The Morgan fingerprint density at radius 1 is 1.53 bits per heavy atom. The highest BCUT2D eigenvalue weighted by molar-refractivity contribution is 7.58. The number of rotatable bonds is 8. The van der Waals surface area contributed by atoms with Crippen LogP contribution in [0, 0.1) is 11.3 Å². The summed E-state index contributed by atoms with van der Waals surface area (Å²) in [6.07, 6.45) is -0.113. The molecule has 1 amide bonds. The number of hydrogen-bond acceptors (Lipinski definition) is 5. The highest BCUT2D eigenvalue weighted by atomic mass is 31.2. The molecule has 4 N–H and O–H groups in total. The van der Waals surface area contributed by atoms with Crippen molar-refractivity contribution in [3.8, 4) is 0 Å².